The Morgan fingerprint density at radius 1 is 1.64 bits per heavy atom. The molecule has 0 aliphatic rings. The predicted molar refractivity (Wildman–Crippen MR) is 63.6 cm³/mol. The second-order valence-corrected chi connectivity index (χ2v) is 3.82. The van der Waals surface area contributed by atoms with Gasteiger partial charge in [0.25, 0.3) is 0 Å². The largest absolute Gasteiger partial charge is 0.393 e. The Morgan fingerprint density at radius 2 is 2.36 bits per heavy atom. The van der Waals surface area contributed by atoms with Crippen LogP contribution in [0.15, 0.2) is 18.3 Å². The van der Waals surface area contributed by atoms with Gasteiger partial charge in [-0.05, 0) is 19.1 Å². The highest BCUT2D eigenvalue weighted by Crippen LogP contribution is 2.12. The summed E-state index contributed by atoms with van der Waals surface area (Å²) in [4.78, 5) is 6.82. The van der Waals surface area contributed by atoms with E-state index in [1.165, 1.54) is 0 Å². The number of nitrogens with two attached hydrogens (primary N) is 1. The first-order valence-corrected chi connectivity index (χ1v) is 4.92. The zero-order chi connectivity index (χ0) is 10.6. The van der Waals surface area contributed by atoms with E-state index in [1.807, 2.05) is 32.3 Å². The molecule has 1 aromatic rings. The molecule has 0 bridgehead atoms. The number of aryl methyl sites for hydroxylation is 1. The van der Waals surface area contributed by atoms with E-state index in [-0.39, 0.29) is 0 Å². The summed E-state index contributed by atoms with van der Waals surface area (Å²) < 4.78 is 0. The molecule has 0 saturated carbocycles. The molecule has 1 rings (SSSR count). The van der Waals surface area contributed by atoms with Crippen molar-refractivity contribution < 1.29 is 0 Å². The summed E-state index contributed by atoms with van der Waals surface area (Å²) in [6, 6.07) is 4.02. The van der Waals surface area contributed by atoms with E-state index in [2.05, 4.69) is 9.88 Å². The van der Waals surface area contributed by atoms with E-state index in [0.717, 1.165) is 24.3 Å². The lowest BCUT2D eigenvalue weighted by Gasteiger charge is -2.18. The number of rotatable bonds is 4. The first kappa shape index (κ1) is 10.9. The van der Waals surface area contributed by atoms with Gasteiger partial charge in [0, 0.05) is 37.6 Å². The molecular formula is C10H15N3S. The van der Waals surface area contributed by atoms with Crippen LogP contribution in [-0.2, 0) is 0 Å². The van der Waals surface area contributed by atoms with Crippen molar-refractivity contribution in [1.29, 1.82) is 0 Å². The second-order valence-electron chi connectivity index (χ2n) is 3.29. The number of aromatic nitrogens is 1. The molecule has 76 valence electrons. The number of nitrogens with zero attached hydrogens (tertiary/aromatic N) is 2. The summed E-state index contributed by atoms with van der Waals surface area (Å²) in [5.41, 5.74) is 7.61. The normalized spacial score (nSPS) is 9.86. The van der Waals surface area contributed by atoms with Gasteiger partial charge in [-0.15, -0.1) is 0 Å². The van der Waals surface area contributed by atoms with E-state index in [4.69, 9.17) is 18.0 Å². The van der Waals surface area contributed by atoms with Crippen molar-refractivity contribution in [3.8, 4) is 0 Å². The van der Waals surface area contributed by atoms with Crippen LogP contribution in [0.4, 0.5) is 5.69 Å². The van der Waals surface area contributed by atoms with Crippen LogP contribution in [0.1, 0.15) is 12.1 Å². The highest BCUT2D eigenvalue weighted by Gasteiger charge is 2.01. The minimum Gasteiger partial charge on any atom is -0.393 e. The third kappa shape index (κ3) is 3.30. The van der Waals surface area contributed by atoms with Crippen molar-refractivity contribution in [3.05, 3.63) is 24.0 Å². The third-order valence-electron chi connectivity index (χ3n) is 2.01. The van der Waals surface area contributed by atoms with Crippen molar-refractivity contribution in [2.24, 2.45) is 5.73 Å². The smallest absolute Gasteiger partial charge is 0.0745 e. The highest BCUT2D eigenvalue weighted by molar-refractivity contribution is 7.80. The SMILES string of the molecule is Cc1cc(N(C)CCC(N)=S)ccn1. The van der Waals surface area contributed by atoms with Gasteiger partial charge in [-0.1, -0.05) is 12.2 Å². The van der Waals surface area contributed by atoms with Gasteiger partial charge in [0.05, 0.1) is 4.99 Å². The molecule has 2 N–H and O–H groups in total. The van der Waals surface area contributed by atoms with E-state index in [1.54, 1.807) is 0 Å². The Balaban J connectivity index is 2.60. The lowest BCUT2D eigenvalue weighted by Crippen LogP contribution is -2.23. The van der Waals surface area contributed by atoms with Gasteiger partial charge >= 0.3 is 0 Å². The fraction of sp³-hybridized carbons (Fsp3) is 0.400. The molecule has 0 atom stereocenters. The van der Waals surface area contributed by atoms with Crippen molar-refractivity contribution in [1.82, 2.24) is 4.98 Å². The molecule has 14 heavy (non-hydrogen) atoms. The van der Waals surface area contributed by atoms with E-state index >= 15 is 0 Å². The van der Waals surface area contributed by atoms with Crippen LogP contribution in [0.2, 0.25) is 0 Å². The number of thiocarbonyl (C=S) groups is 1. The second kappa shape index (κ2) is 4.91. The molecule has 0 unspecified atom stereocenters. The predicted octanol–water partition coefficient (Wildman–Crippen LogP) is 1.50. The summed E-state index contributed by atoms with van der Waals surface area (Å²) in [5.74, 6) is 0. The quantitative estimate of drug-likeness (QED) is 0.763. The minimum atomic E-state index is 0.558. The molecule has 4 heteroatoms. The first-order chi connectivity index (χ1) is 6.59. The van der Waals surface area contributed by atoms with E-state index < -0.39 is 0 Å². The van der Waals surface area contributed by atoms with Gasteiger partial charge in [-0.25, -0.2) is 0 Å². The van der Waals surface area contributed by atoms with Crippen LogP contribution in [0.3, 0.4) is 0 Å². The van der Waals surface area contributed by atoms with Gasteiger partial charge in [-0.3, -0.25) is 4.98 Å². The van der Waals surface area contributed by atoms with E-state index in [0.29, 0.717) is 4.99 Å². The van der Waals surface area contributed by atoms with Crippen LogP contribution < -0.4 is 10.6 Å². The standard InChI is InChI=1S/C10H15N3S/c1-8-7-9(3-5-12-8)13(2)6-4-10(11)14/h3,5,7H,4,6H2,1-2H3,(H2,11,14). The number of pyridine rings is 1. The van der Waals surface area contributed by atoms with Crippen LogP contribution in [0.25, 0.3) is 0 Å². The maximum Gasteiger partial charge on any atom is 0.0745 e. The molecular weight excluding hydrogens is 194 g/mol. The van der Waals surface area contributed by atoms with Crippen molar-refractivity contribution in [2.75, 3.05) is 18.5 Å². The summed E-state index contributed by atoms with van der Waals surface area (Å²) in [7, 11) is 2.02. The molecule has 3 nitrogen and oxygen atoms in total. The number of anilines is 1. The zero-order valence-electron chi connectivity index (χ0n) is 8.53. The molecule has 0 radical (unpaired) electrons. The van der Waals surface area contributed by atoms with Crippen molar-refractivity contribution in [2.45, 2.75) is 13.3 Å². The summed E-state index contributed by atoms with van der Waals surface area (Å²) in [5, 5.41) is 0. The van der Waals surface area contributed by atoms with Gasteiger partial charge < -0.3 is 10.6 Å². The summed E-state index contributed by atoms with van der Waals surface area (Å²) >= 11 is 4.83. The van der Waals surface area contributed by atoms with Crippen LogP contribution >= 0.6 is 12.2 Å². The lowest BCUT2D eigenvalue weighted by atomic mass is 10.3. The monoisotopic (exact) mass is 209 g/mol. The molecule has 1 heterocycles. The Bertz CT molecular complexity index is 325. The van der Waals surface area contributed by atoms with Crippen LogP contribution in [0.5, 0.6) is 0 Å². The molecule has 0 fully saturated rings. The molecule has 0 saturated heterocycles. The molecule has 1 aromatic heterocycles. The lowest BCUT2D eigenvalue weighted by molar-refractivity contribution is 0.917. The summed E-state index contributed by atoms with van der Waals surface area (Å²) in [6.45, 7) is 2.82. The average Bonchev–Trinajstić information content (AvgIpc) is 2.14. The van der Waals surface area contributed by atoms with Crippen molar-refractivity contribution >= 4 is 22.9 Å². The van der Waals surface area contributed by atoms with Gasteiger partial charge in [0.2, 0.25) is 0 Å². The molecule has 0 amide bonds. The minimum absolute atomic E-state index is 0.558. The number of hydrogen-bond donors (Lipinski definition) is 1. The van der Waals surface area contributed by atoms with Gasteiger partial charge in [0.15, 0.2) is 0 Å². The first-order valence-electron chi connectivity index (χ1n) is 4.51. The Labute approximate surface area is 89.9 Å². The number of hydrogen-bond acceptors (Lipinski definition) is 3. The molecule has 0 aliphatic heterocycles. The molecule has 0 spiro atoms. The fourth-order valence-corrected chi connectivity index (χ4v) is 1.27. The Hall–Kier alpha value is -1.16. The van der Waals surface area contributed by atoms with Gasteiger partial charge in [-0.2, -0.15) is 0 Å². The van der Waals surface area contributed by atoms with Crippen LogP contribution in [0, 0.1) is 6.92 Å². The summed E-state index contributed by atoms with van der Waals surface area (Å²) in [6.07, 6.45) is 2.55. The van der Waals surface area contributed by atoms with E-state index in [9.17, 15) is 0 Å². The maximum atomic E-state index is 5.44. The fourth-order valence-electron chi connectivity index (χ4n) is 1.18. The van der Waals surface area contributed by atoms with Crippen molar-refractivity contribution in [3.63, 3.8) is 0 Å². The van der Waals surface area contributed by atoms with Crippen LogP contribution in [-0.4, -0.2) is 23.6 Å². The molecule has 0 aromatic carbocycles. The zero-order valence-corrected chi connectivity index (χ0v) is 9.34. The average molecular weight is 209 g/mol. The molecule has 0 aliphatic carbocycles. The topological polar surface area (TPSA) is 42.1 Å². The van der Waals surface area contributed by atoms with Gasteiger partial charge in [0.1, 0.15) is 0 Å². The Morgan fingerprint density at radius 3 is 2.93 bits per heavy atom. The highest BCUT2D eigenvalue weighted by atomic mass is 32.1. The maximum absolute atomic E-state index is 5.44. The third-order valence-corrected chi connectivity index (χ3v) is 2.22. The Kier molecular flexibility index (Phi) is 3.83.